The molecule has 0 radical (unpaired) electrons. The van der Waals surface area contributed by atoms with E-state index < -0.39 is 53.5 Å². The van der Waals surface area contributed by atoms with Gasteiger partial charge in [-0.15, -0.1) is 0 Å². The lowest BCUT2D eigenvalue weighted by atomic mass is 9.81. The Hall–Kier alpha value is -3.16. The molecular weight excluding hydrogens is 416 g/mol. The smallest absolute Gasteiger partial charge is 0.334 e. The molecule has 3 aliphatic rings. The summed E-state index contributed by atoms with van der Waals surface area (Å²) in [6.07, 6.45) is 0.463. The lowest BCUT2D eigenvalue weighted by Crippen LogP contribution is -2.53. The van der Waals surface area contributed by atoms with Gasteiger partial charge in [0.2, 0.25) is 5.78 Å². The molecule has 32 heavy (non-hydrogen) atoms. The third-order valence-electron chi connectivity index (χ3n) is 6.00. The molecule has 0 saturated carbocycles. The number of rotatable bonds is 4. The minimum atomic E-state index is -2.14. The largest absolute Gasteiger partial charge is 0.454 e. The Morgan fingerprint density at radius 1 is 1.09 bits per heavy atom. The van der Waals surface area contributed by atoms with Crippen LogP contribution in [0, 0.1) is 11.8 Å². The molecule has 172 valence electrons. The first-order valence-electron chi connectivity index (χ1n) is 10.4. The minimum Gasteiger partial charge on any atom is -0.454 e. The minimum absolute atomic E-state index is 0.0970. The molecule has 3 heterocycles. The van der Waals surface area contributed by atoms with Crippen molar-refractivity contribution in [2.45, 2.75) is 65.5 Å². The van der Waals surface area contributed by atoms with Crippen LogP contribution in [-0.2, 0) is 38.1 Å². The topological polar surface area (TPSA) is 105 Å². The number of Topliss-reactive ketones (excluding diaryl/α,β-unsaturated/α-hetero) is 1. The monoisotopic (exact) mass is 444 g/mol. The van der Waals surface area contributed by atoms with Crippen molar-refractivity contribution in [3.8, 4) is 0 Å². The van der Waals surface area contributed by atoms with Gasteiger partial charge >= 0.3 is 23.7 Å². The van der Waals surface area contributed by atoms with Gasteiger partial charge in [-0.2, -0.15) is 0 Å². The van der Waals surface area contributed by atoms with Crippen molar-refractivity contribution in [2.75, 3.05) is 0 Å². The highest BCUT2D eigenvalue weighted by atomic mass is 16.7. The second-order valence-corrected chi connectivity index (χ2v) is 8.59. The van der Waals surface area contributed by atoms with Crippen molar-refractivity contribution in [2.24, 2.45) is 11.8 Å². The lowest BCUT2D eigenvalue weighted by Gasteiger charge is -2.38. The molecule has 4 bridgehead atoms. The molecule has 3 aliphatic heterocycles. The molecule has 5 atom stereocenters. The second-order valence-electron chi connectivity index (χ2n) is 8.59. The van der Waals surface area contributed by atoms with Crippen molar-refractivity contribution >= 4 is 23.7 Å². The fourth-order valence-corrected chi connectivity index (χ4v) is 4.61. The zero-order chi connectivity index (χ0) is 24.0. The molecule has 3 rings (SSSR count). The summed E-state index contributed by atoms with van der Waals surface area (Å²) in [5, 5.41) is 0. The fourth-order valence-electron chi connectivity index (χ4n) is 4.61. The number of carbonyl (C=O) groups excluding carboxylic acids is 4. The molecule has 8 nitrogen and oxygen atoms in total. The summed E-state index contributed by atoms with van der Waals surface area (Å²) in [4.78, 5) is 50.3. The van der Waals surface area contributed by atoms with E-state index in [1.165, 1.54) is 13.8 Å². The number of hydrogen-bond donors (Lipinski definition) is 0. The fraction of sp³-hybridized carbons (Fsp3) is 0.500. The number of esters is 3. The van der Waals surface area contributed by atoms with E-state index in [0.29, 0.717) is 29.6 Å². The van der Waals surface area contributed by atoms with Crippen LogP contribution in [0.1, 0.15) is 47.5 Å². The zero-order valence-electron chi connectivity index (χ0n) is 19.0. The molecule has 0 aromatic carbocycles. The number of ether oxygens (including phenoxy) is 4. The molecule has 0 aromatic rings. The van der Waals surface area contributed by atoms with Crippen LogP contribution in [0.25, 0.3) is 0 Å². The van der Waals surface area contributed by atoms with Crippen LogP contribution in [0.5, 0.6) is 0 Å². The Bertz CT molecular complexity index is 984. The summed E-state index contributed by atoms with van der Waals surface area (Å²) in [6.45, 7) is 15.3. The average molecular weight is 444 g/mol. The Kier molecular flexibility index (Phi) is 6.18. The maximum absolute atomic E-state index is 13.6. The SMILES string of the molecule is C=C(C)[C@H]1CCC2=C[C@@H](OC2=O)[C@@H](C(=C)C)[C@]2(OC(C)=O)OC(=C(C)C2=O)[C@@H]1OC(C)=O. The predicted molar refractivity (Wildman–Crippen MR) is 113 cm³/mol. The Balaban J connectivity index is 2.27. The van der Waals surface area contributed by atoms with Crippen molar-refractivity contribution in [3.63, 3.8) is 0 Å². The second kappa shape index (κ2) is 8.41. The Morgan fingerprint density at radius 2 is 1.75 bits per heavy atom. The molecular formula is C24H28O8. The molecule has 0 fully saturated rings. The standard InChI is InChI=1S/C24H28O8/c1-11(2)17-9-8-16-10-18(30-23(16)28)19(12(3)4)24(31-15(7)26)22(27)13(5)20(32-24)21(17)29-14(6)25/h10,17-19,21H,1,3,8-9H2,2,4-7H3/t17-,18-,19-,21-,24+/m1/s1. The maximum Gasteiger partial charge on any atom is 0.334 e. The summed E-state index contributed by atoms with van der Waals surface area (Å²) in [5.41, 5.74) is 1.67. The summed E-state index contributed by atoms with van der Waals surface area (Å²) < 4.78 is 22.9. The summed E-state index contributed by atoms with van der Waals surface area (Å²) in [7, 11) is 0. The van der Waals surface area contributed by atoms with Gasteiger partial charge in [-0.3, -0.25) is 14.4 Å². The number of hydrogen-bond acceptors (Lipinski definition) is 8. The van der Waals surface area contributed by atoms with E-state index in [1.807, 2.05) is 0 Å². The van der Waals surface area contributed by atoms with Gasteiger partial charge in [0.25, 0.3) is 0 Å². The Labute approximate surface area is 186 Å². The van der Waals surface area contributed by atoms with Gasteiger partial charge in [-0.25, -0.2) is 4.79 Å². The van der Waals surface area contributed by atoms with E-state index >= 15 is 0 Å². The van der Waals surface area contributed by atoms with Crippen LogP contribution in [0.3, 0.4) is 0 Å². The summed E-state index contributed by atoms with van der Waals surface area (Å²) in [5.74, 6) is -6.00. The van der Waals surface area contributed by atoms with E-state index in [-0.39, 0.29) is 11.3 Å². The van der Waals surface area contributed by atoms with Gasteiger partial charge in [0.15, 0.2) is 6.10 Å². The molecule has 0 aliphatic carbocycles. The molecule has 0 spiro atoms. The third kappa shape index (κ3) is 3.89. The van der Waals surface area contributed by atoms with E-state index in [2.05, 4.69) is 13.2 Å². The molecule has 0 N–H and O–H groups in total. The Morgan fingerprint density at radius 3 is 2.28 bits per heavy atom. The zero-order valence-corrected chi connectivity index (χ0v) is 19.0. The highest BCUT2D eigenvalue weighted by Gasteiger charge is 2.62. The maximum atomic E-state index is 13.6. The molecule has 0 amide bonds. The van der Waals surface area contributed by atoms with Crippen LogP contribution in [0.4, 0.5) is 0 Å². The molecule has 0 saturated heterocycles. The average Bonchev–Trinajstić information content (AvgIpc) is 3.11. The highest BCUT2D eigenvalue weighted by Crippen LogP contribution is 2.48. The first-order valence-corrected chi connectivity index (χ1v) is 10.4. The van der Waals surface area contributed by atoms with Gasteiger partial charge in [0.05, 0.1) is 0 Å². The van der Waals surface area contributed by atoms with E-state index in [9.17, 15) is 19.2 Å². The summed E-state index contributed by atoms with van der Waals surface area (Å²) in [6, 6.07) is 0. The number of carbonyl (C=O) groups is 4. The lowest BCUT2D eigenvalue weighted by molar-refractivity contribution is -0.231. The van der Waals surface area contributed by atoms with Crippen LogP contribution >= 0.6 is 0 Å². The van der Waals surface area contributed by atoms with Crippen molar-refractivity contribution in [3.05, 3.63) is 47.3 Å². The van der Waals surface area contributed by atoms with Gasteiger partial charge in [0.1, 0.15) is 17.8 Å². The van der Waals surface area contributed by atoms with Gasteiger partial charge < -0.3 is 18.9 Å². The van der Waals surface area contributed by atoms with Crippen LogP contribution in [-0.4, -0.2) is 41.7 Å². The third-order valence-corrected chi connectivity index (χ3v) is 6.00. The predicted octanol–water partition coefficient (Wildman–Crippen LogP) is 3.08. The van der Waals surface area contributed by atoms with Crippen LogP contribution in [0.2, 0.25) is 0 Å². The van der Waals surface area contributed by atoms with Gasteiger partial charge in [0, 0.05) is 30.9 Å². The van der Waals surface area contributed by atoms with Crippen molar-refractivity contribution in [1.29, 1.82) is 0 Å². The van der Waals surface area contributed by atoms with E-state index in [1.54, 1.807) is 19.9 Å². The van der Waals surface area contributed by atoms with Crippen molar-refractivity contribution in [1.82, 2.24) is 0 Å². The van der Waals surface area contributed by atoms with Gasteiger partial charge in [-0.05, 0) is 39.7 Å². The molecule has 0 unspecified atom stereocenters. The molecule has 8 heteroatoms. The first-order chi connectivity index (χ1) is 14.9. The quantitative estimate of drug-likeness (QED) is 0.370. The van der Waals surface area contributed by atoms with Crippen molar-refractivity contribution < 1.29 is 38.1 Å². The van der Waals surface area contributed by atoms with Crippen LogP contribution in [0.15, 0.2) is 47.3 Å². The summed E-state index contributed by atoms with van der Waals surface area (Å²) >= 11 is 0. The normalized spacial score (nSPS) is 31.7. The number of fused-ring (bicyclic) bond motifs is 3. The number of ketones is 1. The molecule has 0 aromatic heterocycles. The van der Waals surface area contributed by atoms with E-state index in [0.717, 1.165) is 6.92 Å². The van der Waals surface area contributed by atoms with Gasteiger partial charge in [-0.1, -0.05) is 24.3 Å². The highest BCUT2D eigenvalue weighted by molar-refractivity contribution is 6.04. The van der Waals surface area contributed by atoms with E-state index in [4.69, 9.17) is 18.9 Å². The van der Waals surface area contributed by atoms with Crippen LogP contribution < -0.4 is 0 Å². The first kappa shape index (κ1) is 23.5.